The molecule has 0 aromatic heterocycles. The summed E-state index contributed by atoms with van der Waals surface area (Å²) in [5.41, 5.74) is 0. The third kappa shape index (κ3) is 20.4. The first-order chi connectivity index (χ1) is 14.1. The van der Waals surface area contributed by atoms with Crippen LogP contribution in [0.5, 0.6) is 0 Å². The first-order valence-corrected chi connectivity index (χ1v) is 13.1. The molecular weight excluding hydrogens is 387 g/mol. The normalized spacial score (nSPS) is 13.6. The van der Waals surface area contributed by atoms with Crippen molar-refractivity contribution in [2.75, 3.05) is 19.8 Å². The second-order valence-electron chi connectivity index (χ2n) is 7.58. The molecule has 6 nitrogen and oxygen atoms in total. The third-order valence-electron chi connectivity index (χ3n) is 4.86. The van der Waals surface area contributed by atoms with Crippen LogP contribution in [0, 0.1) is 5.41 Å². The molecule has 0 heterocycles. The average Bonchev–Trinajstić information content (AvgIpc) is 2.70. The lowest BCUT2D eigenvalue weighted by molar-refractivity contribution is 0.144. The molecule has 0 bridgehead atoms. The number of nitrogens with one attached hydrogen (secondary N) is 1. The molecule has 0 aromatic rings. The highest BCUT2D eigenvalue weighted by Gasteiger charge is 2.20. The fourth-order valence-electron chi connectivity index (χ4n) is 3.15. The summed E-state index contributed by atoms with van der Waals surface area (Å²) in [5.74, 6) is 0. The van der Waals surface area contributed by atoms with E-state index in [2.05, 4.69) is 6.92 Å². The Labute approximate surface area is 179 Å². The van der Waals surface area contributed by atoms with Crippen LogP contribution in [0.25, 0.3) is 0 Å². The molecular formula is C22H45N2O4P. The molecule has 0 amide bonds. The van der Waals surface area contributed by atoms with Crippen molar-refractivity contribution < 1.29 is 18.5 Å². The highest BCUT2D eigenvalue weighted by molar-refractivity contribution is 7.47. The van der Waals surface area contributed by atoms with Gasteiger partial charge in [0, 0.05) is 12.7 Å². The van der Waals surface area contributed by atoms with E-state index in [4.69, 9.17) is 14.5 Å². The minimum Gasteiger partial charge on any atom is -0.338 e. The van der Waals surface area contributed by atoms with Crippen LogP contribution < -0.4 is 0 Å². The van der Waals surface area contributed by atoms with Gasteiger partial charge in [0.1, 0.15) is 0 Å². The molecule has 0 aliphatic carbocycles. The van der Waals surface area contributed by atoms with Gasteiger partial charge in [-0.25, -0.2) is 4.57 Å². The molecule has 1 unspecified atom stereocenters. The maximum Gasteiger partial charge on any atom is 0.472 e. The molecule has 0 aromatic carbocycles. The van der Waals surface area contributed by atoms with Crippen molar-refractivity contribution in [2.24, 2.45) is 0 Å². The molecule has 0 saturated heterocycles. The predicted molar refractivity (Wildman–Crippen MR) is 122 cm³/mol. The van der Waals surface area contributed by atoms with Gasteiger partial charge in [-0.1, -0.05) is 96.5 Å². The van der Waals surface area contributed by atoms with Gasteiger partial charge >= 0.3 is 7.82 Å². The monoisotopic (exact) mass is 432 g/mol. The van der Waals surface area contributed by atoms with Gasteiger partial charge in [-0.3, -0.25) is 14.5 Å². The van der Waals surface area contributed by atoms with E-state index in [1.54, 1.807) is 17.2 Å². The second-order valence-corrected chi connectivity index (χ2v) is 9.03. The van der Waals surface area contributed by atoms with Crippen LogP contribution in [-0.4, -0.2) is 35.9 Å². The molecule has 2 N–H and O–H groups in total. The van der Waals surface area contributed by atoms with E-state index in [-0.39, 0.29) is 13.2 Å². The minimum atomic E-state index is -3.99. The Bertz CT molecular complexity index is 447. The van der Waals surface area contributed by atoms with Gasteiger partial charge in [0.2, 0.25) is 0 Å². The van der Waals surface area contributed by atoms with E-state index in [0.717, 1.165) is 25.6 Å². The SMILES string of the molecule is C/C=C\N(C=N)CCOP(=O)(O)OCCCCCCCCCCCCCCCC. The smallest absolute Gasteiger partial charge is 0.338 e. The Morgan fingerprint density at radius 3 is 1.72 bits per heavy atom. The molecule has 172 valence electrons. The van der Waals surface area contributed by atoms with E-state index < -0.39 is 7.82 Å². The van der Waals surface area contributed by atoms with Gasteiger partial charge in [0.25, 0.3) is 0 Å². The van der Waals surface area contributed by atoms with Crippen LogP contribution in [0.2, 0.25) is 0 Å². The highest BCUT2D eigenvalue weighted by Crippen LogP contribution is 2.43. The quantitative estimate of drug-likeness (QED) is 0.0829. The molecule has 0 fully saturated rings. The minimum absolute atomic E-state index is 0.0340. The van der Waals surface area contributed by atoms with Gasteiger partial charge in [-0.15, -0.1) is 0 Å². The molecule has 0 saturated carbocycles. The summed E-state index contributed by atoms with van der Waals surface area (Å²) >= 11 is 0. The number of rotatable bonds is 22. The summed E-state index contributed by atoms with van der Waals surface area (Å²) in [6.07, 6.45) is 22.4. The van der Waals surface area contributed by atoms with Crippen LogP contribution in [0.4, 0.5) is 0 Å². The molecule has 0 aliphatic rings. The van der Waals surface area contributed by atoms with E-state index in [1.807, 2.05) is 6.92 Å². The Kier molecular flexibility index (Phi) is 20.1. The average molecular weight is 433 g/mol. The zero-order valence-corrected chi connectivity index (χ0v) is 19.7. The molecule has 7 heteroatoms. The summed E-state index contributed by atoms with van der Waals surface area (Å²) in [4.78, 5) is 11.2. The van der Waals surface area contributed by atoms with Gasteiger partial charge in [0.15, 0.2) is 0 Å². The van der Waals surface area contributed by atoms with Crippen molar-refractivity contribution in [3.8, 4) is 0 Å². The van der Waals surface area contributed by atoms with E-state index >= 15 is 0 Å². The first kappa shape index (κ1) is 28.3. The topological polar surface area (TPSA) is 82.9 Å². The van der Waals surface area contributed by atoms with Crippen molar-refractivity contribution in [1.29, 1.82) is 5.41 Å². The molecule has 0 aliphatic heterocycles. The largest absolute Gasteiger partial charge is 0.472 e. The second kappa shape index (κ2) is 20.6. The lowest BCUT2D eigenvalue weighted by Crippen LogP contribution is -2.19. The first-order valence-electron chi connectivity index (χ1n) is 11.6. The fraction of sp³-hybridized carbons (Fsp3) is 0.864. The van der Waals surface area contributed by atoms with Crippen LogP contribution in [0.3, 0.4) is 0 Å². The van der Waals surface area contributed by atoms with Crippen LogP contribution in [0.1, 0.15) is 104 Å². The van der Waals surface area contributed by atoms with Crippen molar-refractivity contribution >= 4 is 14.2 Å². The zero-order chi connectivity index (χ0) is 21.6. The fourth-order valence-corrected chi connectivity index (χ4v) is 3.90. The van der Waals surface area contributed by atoms with E-state index in [1.165, 1.54) is 70.6 Å². The number of nitrogens with zero attached hydrogens (tertiary/aromatic N) is 1. The maximum absolute atomic E-state index is 11.8. The predicted octanol–water partition coefficient (Wildman–Crippen LogP) is 7.04. The van der Waals surface area contributed by atoms with Crippen molar-refractivity contribution in [3.63, 3.8) is 0 Å². The Morgan fingerprint density at radius 1 is 0.828 bits per heavy atom. The number of unbranched alkanes of at least 4 members (excludes halogenated alkanes) is 13. The molecule has 29 heavy (non-hydrogen) atoms. The van der Waals surface area contributed by atoms with Gasteiger partial charge < -0.3 is 9.79 Å². The van der Waals surface area contributed by atoms with E-state index in [0.29, 0.717) is 6.54 Å². The number of phosphoric acid groups is 1. The molecule has 0 radical (unpaired) electrons. The standard InChI is InChI=1S/C22H45N2O4P/c1-3-5-6-7-8-9-10-11-12-13-14-15-16-17-20-27-29(25,26)28-21-19-24(22-23)18-4-2/h4,18,22-23H,3,5-17,19-21H2,1-2H3,(H,25,26)/b18-4-,23-22?. The highest BCUT2D eigenvalue weighted by atomic mass is 31.2. The summed E-state index contributed by atoms with van der Waals surface area (Å²) in [6.45, 7) is 4.71. The number of phosphoric ester groups is 1. The molecule has 1 atom stereocenters. The van der Waals surface area contributed by atoms with Crippen molar-refractivity contribution in [2.45, 2.75) is 104 Å². The van der Waals surface area contributed by atoms with Crippen LogP contribution >= 0.6 is 7.82 Å². The Hall–Kier alpha value is -0.680. The molecule has 0 rings (SSSR count). The summed E-state index contributed by atoms with van der Waals surface area (Å²) in [6, 6.07) is 0. The molecule has 0 spiro atoms. The lowest BCUT2D eigenvalue weighted by atomic mass is 10.0. The summed E-state index contributed by atoms with van der Waals surface area (Å²) < 4.78 is 21.7. The number of hydrogen-bond donors (Lipinski definition) is 2. The third-order valence-corrected chi connectivity index (χ3v) is 5.88. The van der Waals surface area contributed by atoms with Gasteiger partial charge in [-0.2, -0.15) is 0 Å². The number of hydrogen-bond acceptors (Lipinski definition) is 4. The Morgan fingerprint density at radius 2 is 1.28 bits per heavy atom. The maximum atomic E-state index is 11.8. The van der Waals surface area contributed by atoms with Crippen molar-refractivity contribution in [3.05, 3.63) is 12.3 Å². The van der Waals surface area contributed by atoms with Crippen LogP contribution in [0.15, 0.2) is 12.3 Å². The number of allylic oxidation sites excluding steroid dienone is 1. The van der Waals surface area contributed by atoms with Gasteiger partial charge in [0.05, 0.1) is 19.6 Å². The van der Waals surface area contributed by atoms with Crippen LogP contribution in [-0.2, 0) is 13.6 Å². The van der Waals surface area contributed by atoms with E-state index in [9.17, 15) is 9.46 Å². The summed E-state index contributed by atoms with van der Waals surface area (Å²) in [7, 11) is -3.99. The zero-order valence-electron chi connectivity index (χ0n) is 18.8. The van der Waals surface area contributed by atoms with Gasteiger partial charge in [-0.05, 0) is 13.3 Å². The van der Waals surface area contributed by atoms with Crippen molar-refractivity contribution in [1.82, 2.24) is 4.90 Å². The lowest BCUT2D eigenvalue weighted by Gasteiger charge is -2.16. The summed E-state index contributed by atoms with van der Waals surface area (Å²) in [5, 5.41) is 7.20. The Balaban J connectivity index is 3.42.